The van der Waals surface area contributed by atoms with Gasteiger partial charge in [-0.2, -0.15) is 0 Å². The number of aliphatic carboxylic acids is 1. The van der Waals surface area contributed by atoms with Crippen LogP contribution < -0.4 is 38.1 Å². The van der Waals surface area contributed by atoms with E-state index in [-0.39, 0.29) is 49.7 Å². The van der Waals surface area contributed by atoms with Crippen LogP contribution in [0.25, 0.3) is 0 Å². The summed E-state index contributed by atoms with van der Waals surface area (Å²) >= 11 is 0. The third-order valence-corrected chi connectivity index (χ3v) is 10.1. The predicted molar refractivity (Wildman–Crippen MR) is 210 cm³/mol. The average molecular weight is 772 g/mol. The lowest BCUT2D eigenvalue weighted by molar-refractivity contribution is -0.143. The molecule has 0 bridgehead atoms. The molecular weight excluding hydrogens is 706 g/mol. The lowest BCUT2D eigenvalue weighted by atomic mass is 9.91. The Kier molecular flexibility index (Phi) is 21.0. The molecule has 308 valence electrons. The zero-order chi connectivity index (χ0) is 40.8. The number of unbranched alkanes of at least 4 members (excludes halogenated alkanes) is 3. The lowest BCUT2D eigenvalue weighted by Gasteiger charge is -2.34. The maximum absolute atomic E-state index is 14.3. The van der Waals surface area contributed by atoms with Crippen LogP contribution in [0.15, 0.2) is 36.9 Å². The predicted octanol–water partition coefficient (Wildman–Crippen LogP) is 2.44. The van der Waals surface area contributed by atoms with E-state index < -0.39 is 59.3 Å². The Labute approximate surface area is 325 Å². The highest BCUT2D eigenvalue weighted by molar-refractivity contribution is 5.97. The second-order valence-corrected chi connectivity index (χ2v) is 14.8. The summed E-state index contributed by atoms with van der Waals surface area (Å²) in [5.74, 6) is -3.87. The first kappa shape index (κ1) is 46.7. The average Bonchev–Trinajstić information content (AvgIpc) is 3.67. The van der Waals surface area contributed by atoms with Crippen molar-refractivity contribution in [2.45, 2.75) is 146 Å². The third-order valence-electron chi connectivity index (χ3n) is 10.1. The van der Waals surface area contributed by atoms with Crippen molar-refractivity contribution < 1.29 is 39.0 Å². The van der Waals surface area contributed by atoms with E-state index in [0.29, 0.717) is 63.6 Å². The second-order valence-electron chi connectivity index (χ2n) is 14.8. The molecule has 15 heteroatoms. The number of allylic oxidation sites excluding steroid dienone is 1. The summed E-state index contributed by atoms with van der Waals surface area (Å²) in [5, 5.41) is 33.6. The molecule has 0 heterocycles. The van der Waals surface area contributed by atoms with Crippen LogP contribution in [-0.4, -0.2) is 88.5 Å². The Morgan fingerprint density at radius 3 is 1.93 bits per heavy atom. The number of phenols is 1. The van der Waals surface area contributed by atoms with Gasteiger partial charge in [0.15, 0.2) is 0 Å². The van der Waals surface area contributed by atoms with Crippen molar-refractivity contribution in [2.24, 2.45) is 17.4 Å². The van der Waals surface area contributed by atoms with Gasteiger partial charge in [0.2, 0.25) is 29.5 Å². The number of carbonyl (C=O) groups is 6. The van der Waals surface area contributed by atoms with Gasteiger partial charge in [0.25, 0.3) is 0 Å². The summed E-state index contributed by atoms with van der Waals surface area (Å²) in [6.45, 7) is 7.76. The highest BCUT2D eigenvalue weighted by atomic mass is 16.4. The first-order valence-electron chi connectivity index (χ1n) is 19.8. The lowest BCUT2D eigenvalue weighted by Crippen LogP contribution is -2.64. The van der Waals surface area contributed by atoms with Gasteiger partial charge in [0.1, 0.15) is 35.5 Å². The van der Waals surface area contributed by atoms with Crippen molar-refractivity contribution in [3.05, 3.63) is 42.5 Å². The fraction of sp³-hybridized carbons (Fsp3) is 0.650. The van der Waals surface area contributed by atoms with Crippen LogP contribution >= 0.6 is 0 Å². The van der Waals surface area contributed by atoms with Gasteiger partial charge in [-0.1, -0.05) is 50.8 Å². The highest BCUT2D eigenvalue weighted by Crippen LogP contribution is 2.29. The fourth-order valence-electron chi connectivity index (χ4n) is 6.75. The van der Waals surface area contributed by atoms with Gasteiger partial charge in [0.05, 0.1) is 0 Å². The van der Waals surface area contributed by atoms with Crippen molar-refractivity contribution in [3.8, 4) is 5.75 Å². The zero-order valence-electron chi connectivity index (χ0n) is 32.7. The van der Waals surface area contributed by atoms with Crippen molar-refractivity contribution in [3.63, 3.8) is 0 Å². The molecule has 0 aliphatic heterocycles. The van der Waals surface area contributed by atoms with Crippen molar-refractivity contribution in [1.29, 1.82) is 0 Å². The second kappa shape index (κ2) is 24.8. The summed E-state index contributed by atoms with van der Waals surface area (Å²) in [6.07, 6.45) is 9.80. The van der Waals surface area contributed by atoms with Crippen LogP contribution in [0.3, 0.4) is 0 Å². The number of aromatic hydroxyl groups is 1. The maximum Gasteiger partial charge on any atom is 0.326 e. The monoisotopic (exact) mass is 771 g/mol. The smallest absolute Gasteiger partial charge is 0.326 e. The molecule has 0 radical (unpaired) electrons. The van der Waals surface area contributed by atoms with Gasteiger partial charge in [0, 0.05) is 12.8 Å². The zero-order valence-corrected chi connectivity index (χ0v) is 32.7. The van der Waals surface area contributed by atoms with Crippen LogP contribution in [0.2, 0.25) is 0 Å². The largest absolute Gasteiger partial charge is 0.508 e. The minimum absolute atomic E-state index is 0.0107. The molecule has 55 heavy (non-hydrogen) atoms. The van der Waals surface area contributed by atoms with Crippen LogP contribution in [0, 0.1) is 5.92 Å². The van der Waals surface area contributed by atoms with Gasteiger partial charge in [-0.3, -0.25) is 24.0 Å². The normalized spacial score (nSPS) is 16.1. The standard InChI is InChI=1S/C40H65N7O8/c1-4-6-11-22-40(3,47-37(52)31(17-10-13-24-42)44-35(50)30(16-9-12-23-41)43-34(49)5-2)39(55)46-32(25-28-18-20-29(48)21-19-28)36(51)45-33(38(53)54)26-27-14-7-8-15-27/h4,18-21,27,30-33,48H,1,5-17,22-26,41-42H2,2-3H3,(H,43,49)(H,44,50)(H,45,51)(H,46,55)(H,47,52)(H,53,54)/t30-,31-,32-,33-,40?/m0/s1. The molecule has 1 aromatic carbocycles. The van der Waals surface area contributed by atoms with E-state index in [9.17, 15) is 39.0 Å². The highest BCUT2D eigenvalue weighted by Gasteiger charge is 2.39. The van der Waals surface area contributed by atoms with E-state index in [1.165, 1.54) is 19.1 Å². The molecule has 1 fully saturated rings. The number of nitrogens with one attached hydrogen (secondary N) is 5. The molecule has 1 saturated carbocycles. The molecule has 1 aliphatic rings. The molecule has 1 aromatic rings. The van der Waals surface area contributed by atoms with E-state index in [2.05, 4.69) is 33.2 Å². The fourth-order valence-corrected chi connectivity index (χ4v) is 6.75. The molecule has 0 spiro atoms. The van der Waals surface area contributed by atoms with Crippen LogP contribution in [0.5, 0.6) is 5.75 Å². The molecule has 2 rings (SSSR count). The topological polar surface area (TPSA) is 255 Å². The van der Waals surface area contributed by atoms with E-state index in [0.717, 1.165) is 25.7 Å². The molecule has 1 aliphatic carbocycles. The minimum atomic E-state index is -1.59. The summed E-state index contributed by atoms with van der Waals surface area (Å²) in [5.41, 5.74) is 10.4. The van der Waals surface area contributed by atoms with Gasteiger partial charge >= 0.3 is 5.97 Å². The molecule has 5 atom stereocenters. The first-order chi connectivity index (χ1) is 26.3. The molecule has 11 N–H and O–H groups in total. The molecule has 1 unspecified atom stereocenters. The number of nitrogens with two attached hydrogens (primary N) is 2. The number of rotatable bonds is 27. The number of hydrogen-bond acceptors (Lipinski definition) is 9. The molecule has 5 amide bonds. The van der Waals surface area contributed by atoms with Crippen LogP contribution in [-0.2, 0) is 35.2 Å². The molecule has 0 aromatic heterocycles. The number of benzene rings is 1. The molecular formula is C40H65N7O8. The van der Waals surface area contributed by atoms with E-state index in [1.54, 1.807) is 25.1 Å². The number of phenolic OH excluding ortho intramolecular Hbond substituents is 1. The van der Waals surface area contributed by atoms with Gasteiger partial charge in [-0.25, -0.2) is 4.79 Å². The third kappa shape index (κ3) is 16.8. The van der Waals surface area contributed by atoms with Crippen molar-refractivity contribution >= 4 is 35.5 Å². The number of amides is 5. The minimum Gasteiger partial charge on any atom is -0.508 e. The number of carboxylic acid groups (broad SMARTS) is 1. The van der Waals surface area contributed by atoms with E-state index >= 15 is 0 Å². The Balaban J connectivity index is 2.40. The first-order valence-corrected chi connectivity index (χ1v) is 19.8. The SMILES string of the molecule is C=CCCCC(C)(NC(=O)[C@H](CCCCN)NC(=O)[C@H](CCCCN)NC(=O)CC)C(=O)N[C@@H](Cc1ccc(O)cc1)C(=O)N[C@@H](CC1CCCC1)C(=O)O. The molecule has 15 nitrogen and oxygen atoms in total. The van der Waals surface area contributed by atoms with Gasteiger partial charge < -0.3 is 48.3 Å². The van der Waals surface area contributed by atoms with Crippen molar-refractivity contribution in [1.82, 2.24) is 26.6 Å². The van der Waals surface area contributed by atoms with Crippen molar-refractivity contribution in [2.75, 3.05) is 13.1 Å². The van der Waals surface area contributed by atoms with E-state index in [1.807, 2.05) is 0 Å². The number of carboxylic acids is 1. The maximum atomic E-state index is 14.3. The van der Waals surface area contributed by atoms with Gasteiger partial charge in [-0.05, 0) is 108 Å². The summed E-state index contributed by atoms with van der Waals surface area (Å²) in [6, 6.07) is 1.71. The van der Waals surface area contributed by atoms with Crippen LogP contribution in [0.4, 0.5) is 0 Å². The Bertz CT molecular complexity index is 1400. The number of hydrogen-bond donors (Lipinski definition) is 9. The Morgan fingerprint density at radius 2 is 1.38 bits per heavy atom. The number of carbonyl (C=O) groups excluding carboxylic acids is 5. The summed E-state index contributed by atoms with van der Waals surface area (Å²) < 4.78 is 0. The summed E-state index contributed by atoms with van der Waals surface area (Å²) in [7, 11) is 0. The Hall–Kier alpha value is -4.50. The van der Waals surface area contributed by atoms with Crippen LogP contribution in [0.1, 0.15) is 116 Å². The van der Waals surface area contributed by atoms with Gasteiger partial charge in [-0.15, -0.1) is 6.58 Å². The van der Waals surface area contributed by atoms with E-state index in [4.69, 9.17) is 11.5 Å². The Morgan fingerprint density at radius 1 is 0.818 bits per heavy atom. The molecule has 0 saturated heterocycles. The quantitative estimate of drug-likeness (QED) is 0.0467. The summed E-state index contributed by atoms with van der Waals surface area (Å²) in [4.78, 5) is 80.3.